The number of fused-ring (bicyclic) bond motifs is 2. The van der Waals surface area contributed by atoms with Gasteiger partial charge in [0.25, 0.3) is 0 Å². The Hall–Kier alpha value is -1.22. The normalized spacial score (nSPS) is 28.5. The summed E-state index contributed by atoms with van der Waals surface area (Å²) in [6.45, 7) is 1.18. The van der Waals surface area contributed by atoms with E-state index in [0.29, 0.717) is 12.0 Å². The molecule has 3 heteroatoms. The molecular formula is C14H19NO2. The van der Waals surface area contributed by atoms with Crippen LogP contribution in [-0.4, -0.2) is 34.7 Å². The van der Waals surface area contributed by atoms with E-state index in [0.717, 1.165) is 18.4 Å². The van der Waals surface area contributed by atoms with Crippen LogP contribution in [0.5, 0.6) is 11.5 Å². The van der Waals surface area contributed by atoms with E-state index in [9.17, 15) is 10.2 Å². The summed E-state index contributed by atoms with van der Waals surface area (Å²) in [7, 11) is 2.20. The van der Waals surface area contributed by atoms with Crippen molar-refractivity contribution < 1.29 is 10.2 Å². The summed E-state index contributed by atoms with van der Waals surface area (Å²) in [6, 6.07) is 4.18. The number of benzene rings is 1. The minimum atomic E-state index is 0.0198. The van der Waals surface area contributed by atoms with E-state index in [4.69, 9.17) is 0 Å². The van der Waals surface area contributed by atoms with Crippen molar-refractivity contribution >= 4 is 0 Å². The predicted octanol–water partition coefficient (Wildman–Crippen LogP) is 1.91. The van der Waals surface area contributed by atoms with Gasteiger partial charge in [0.1, 0.15) is 0 Å². The van der Waals surface area contributed by atoms with Gasteiger partial charge in [-0.05, 0) is 56.8 Å². The predicted molar refractivity (Wildman–Crippen MR) is 66.3 cm³/mol. The van der Waals surface area contributed by atoms with Gasteiger partial charge in [0.2, 0.25) is 0 Å². The van der Waals surface area contributed by atoms with Gasteiger partial charge in [-0.15, -0.1) is 0 Å². The van der Waals surface area contributed by atoms with Gasteiger partial charge in [0.15, 0.2) is 11.5 Å². The van der Waals surface area contributed by atoms with Gasteiger partial charge in [0.05, 0.1) is 0 Å². The van der Waals surface area contributed by atoms with Crippen LogP contribution in [0.4, 0.5) is 0 Å². The first kappa shape index (κ1) is 10.9. The fourth-order valence-corrected chi connectivity index (χ4v) is 3.45. The Morgan fingerprint density at radius 1 is 1.24 bits per heavy atom. The molecule has 2 aliphatic rings. The Bertz CT molecular complexity index is 444. The lowest BCUT2D eigenvalue weighted by Gasteiger charge is -2.43. The van der Waals surface area contributed by atoms with Gasteiger partial charge in [-0.3, -0.25) is 0 Å². The second kappa shape index (κ2) is 3.91. The monoisotopic (exact) mass is 233 g/mol. The minimum Gasteiger partial charge on any atom is -0.504 e. The van der Waals surface area contributed by atoms with E-state index in [1.165, 1.54) is 24.9 Å². The summed E-state index contributed by atoms with van der Waals surface area (Å²) >= 11 is 0. The van der Waals surface area contributed by atoms with Gasteiger partial charge in [-0.1, -0.05) is 6.07 Å². The fraction of sp³-hybridized carbons (Fsp3) is 0.571. The highest BCUT2D eigenvalue weighted by atomic mass is 16.3. The van der Waals surface area contributed by atoms with E-state index in [1.54, 1.807) is 6.07 Å². The minimum absolute atomic E-state index is 0.0198. The first-order valence-corrected chi connectivity index (χ1v) is 6.39. The molecule has 2 N–H and O–H groups in total. The molecular weight excluding hydrogens is 214 g/mol. The number of rotatable bonds is 0. The van der Waals surface area contributed by atoms with Crippen molar-refractivity contribution in [2.45, 2.75) is 31.7 Å². The highest BCUT2D eigenvalue weighted by Crippen LogP contribution is 2.41. The maximum atomic E-state index is 9.94. The Kier molecular flexibility index (Phi) is 2.51. The Balaban J connectivity index is 1.98. The average molecular weight is 233 g/mol. The SMILES string of the molecule is CN1CCCC2Cc3c(ccc(O)c3O)C[C@H]21. The van der Waals surface area contributed by atoms with Crippen molar-refractivity contribution in [1.82, 2.24) is 4.90 Å². The summed E-state index contributed by atoms with van der Waals surface area (Å²) in [5.41, 5.74) is 2.18. The molecule has 0 aromatic heterocycles. The molecule has 92 valence electrons. The van der Waals surface area contributed by atoms with Crippen LogP contribution >= 0.6 is 0 Å². The summed E-state index contributed by atoms with van der Waals surface area (Å²) in [5, 5.41) is 19.5. The zero-order chi connectivity index (χ0) is 12.0. The lowest BCUT2D eigenvalue weighted by atomic mass is 9.75. The molecule has 1 aliphatic heterocycles. The molecule has 1 aliphatic carbocycles. The van der Waals surface area contributed by atoms with Crippen LogP contribution in [0, 0.1) is 5.92 Å². The van der Waals surface area contributed by atoms with Gasteiger partial charge in [0, 0.05) is 11.6 Å². The Morgan fingerprint density at radius 2 is 2.06 bits per heavy atom. The Morgan fingerprint density at radius 3 is 2.88 bits per heavy atom. The Labute approximate surface area is 102 Å². The third kappa shape index (κ3) is 1.69. The largest absolute Gasteiger partial charge is 0.504 e. The molecule has 2 atom stereocenters. The number of likely N-dealkylation sites (tertiary alicyclic amines) is 1. The number of phenolic OH excluding ortho intramolecular Hbond substituents is 2. The van der Waals surface area contributed by atoms with E-state index in [1.807, 2.05) is 6.07 Å². The van der Waals surface area contributed by atoms with Gasteiger partial charge in [-0.25, -0.2) is 0 Å². The standard InChI is InChI=1S/C14H19NO2/c1-15-6-2-3-10-7-11-9(8-12(10)15)4-5-13(16)14(11)17/h4-5,10,12,16-17H,2-3,6-8H2,1H3/t10?,12-/m1/s1. The first-order chi connectivity index (χ1) is 8.16. The molecule has 3 nitrogen and oxygen atoms in total. The van der Waals surface area contributed by atoms with Crippen LogP contribution in [0.15, 0.2) is 12.1 Å². The lowest BCUT2D eigenvalue weighted by Crippen LogP contribution is -2.47. The number of likely N-dealkylation sites (N-methyl/N-ethyl adjacent to an activating group) is 1. The smallest absolute Gasteiger partial charge is 0.160 e. The number of aromatic hydroxyl groups is 2. The van der Waals surface area contributed by atoms with Gasteiger partial charge in [-0.2, -0.15) is 0 Å². The number of hydrogen-bond acceptors (Lipinski definition) is 3. The average Bonchev–Trinajstić information content (AvgIpc) is 2.33. The molecule has 0 radical (unpaired) electrons. The van der Waals surface area contributed by atoms with Crippen LogP contribution in [0.3, 0.4) is 0 Å². The van der Waals surface area contributed by atoms with E-state index >= 15 is 0 Å². The van der Waals surface area contributed by atoms with E-state index in [-0.39, 0.29) is 11.5 Å². The molecule has 1 saturated heterocycles. The number of piperidine rings is 1. The molecule has 1 aromatic rings. The molecule has 1 fully saturated rings. The second-order valence-electron chi connectivity index (χ2n) is 5.43. The van der Waals surface area contributed by atoms with Crippen molar-refractivity contribution in [2.24, 2.45) is 5.92 Å². The van der Waals surface area contributed by atoms with E-state index in [2.05, 4.69) is 11.9 Å². The maximum Gasteiger partial charge on any atom is 0.160 e. The molecule has 1 aromatic carbocycles. The molecule has 1 heterocycles. The van der Waals surface area contributed by atoms with Gasteiger partial charge < -0.3 is 15.1 Å². The van der Waals surface area contributed by atoms with Crippen LogP contribution in [0.25, 0.3) is 0 Å². The topological polar surface area (TPSA) is 43.7 Å². The molecule has 17 heavy (non-hydrogen) atoms. The van der Waals surface area contributed by atoms with Crippen LogP contribution in [0.2, 0.25) is 0 Å². The number of nitrogens with zero attached hydrogens (tertiary/aromatic N) is 1. The van der Waals surface area contributed by atoms with Crippen molar-refractivity contribution in [3.8, 4) is 11.5 Å². The van der Waals surface area contributed by atoms with E-state index < -0.39 is 0 Å². The van der Waals surface area contributed by atoms with Crippen LogP contribution in [0.1, 0.15) is 24.0 Å². The maximum absolute atomic E-state index is 9.94. The summed E-state index contributed by atoms with van der Waals surface area (Å²) in [5.74, 6) is 0.759. The van der Waals surface area contributed by atoms with Gasteiger partial charge >= 0.3 is 0 Å². The summed E-state index contributed by atoms with van der Waals surface area (Å²) in [6.07, 6.45) is 4.39. The van der Waals surface area contributed by atoms with Crippen molar-refractivity contribution in [3.05, 3.63) is 23.3 Å². The van der Waals surface area contributed by atoms with Crippen molar-refractivity contribution in [3.63, 3.8) is 0 Å². The summed E-state index contributed by atoms with van der Waals surface area (Å²) in [4.78, 5) is 2.45. The molecule has 3 rings (SSSR count). The molecule has 0 amide bonds. The fourth-order valence-electron chi connectivity index (χ4n) is 3.45. The second-order valence-corrected chi connectivity index (χ2v) is 5.43. The molecule has 0 spiro atoms. The third-order valence-electron chi connectivity index (χ3n) is 4.45. The van der Waals surface area contributed by atoms with Crippen molar-refractivity contribution in [1.29, 1.82) is 0 Å². The zero-order valence-electron chi connectivity index (χ0n) is 10.2. The molecule has 1 unspecified atom stereocenters. The summed E-state index contributed by atoms with van der Waals surface area (Å²) < 4.78 is 0. The molecule has 0 saturated carbocycles. The zero-order valence-corrected chi connectivity index (χ0v) is 10.2. The highest BCUT2D eigenvalue weighted by molar-refractivity contribution is 5.50. The lowest BCUT2D eigenvalue weighted by molar-refractivity contribution is 0.111. The first-order valence-electron chi connectivity index (χ1n) is 6.39. The number of phenols is 2. The third-order valence-corrected chi connectivity index (χ3v) is 4.45. The van der Waals surface area contributed by atoms with Crippen LogP contribution < -0.4 is 0 Å². The molecule has 0 bridgehead atoms. The van der Waals surface area contributed by atoms with Crippen LogP contribution in [-0.2, 0) is 12.8 Å². The van der Waals surface area contributed by atoms with Crippen molar-refractivity contribution in [2.75, 3.05) is 13.6 Å². The quantitative estimate of drug-likeness (QED) is 0.673. The number of hydrogen-bond donors (Lipinski definition) is 2. The highest BCUT2D eigenvalue weighted by Gasteiger charge is 2.35.